The Morgan fingerprint density at radius 3 is 1.91 bits per heavy atom. The summed E-state index contributed by atoms with van der Waals surface area (Å²) in [5.74, 6) is -0.565. The molecule has 0 unspecified atom stereocenters. The van der Waals surface area contributed by atoms with Gasteiger partial charge in [-0.1, -0.05) is 27.7 Å². The van der Waals surface area contributed by atoms with Gasteiger partial charge in [0.05, 0.1) is 33.0 Å². The van der Waals surface area contributed by atoms with E-state index >= 15 is 0 Å². The number of ether oxygens (including phenoxy) is 4. The van der Waals surface area contributed by atoms with E-state index in [1.807, 2.05) is 0 Å². The van der Waals surface area contributed by atoms with Gasteiger partial charge in [0.2, 0.25) is 17.7 Å². The summed E-state index contributed by atoms with van der Waals surface area (Å²) in [5, 5.41) is 8.60. The normalized spacial score (nSPS) is 12.2. The number of primary amides is 1. The smallest absolute Gasteiger partial charge is 0.246 e. The third-order valence-corrected chi connectivity index (χ3v) is 4.77. The minimum absolute atomic E-state index is 0.0209. The largest absolute Gasteiger partial charge is 0.379 e. The summed E-state index contributed by atoms with van der Waals surface area (Å²) < 4.78 is 21.3. The van der Waals surface area contributed by atoms with E-state index in [4.69, 9.17) is 24.7 Å². The van der Waals surface area contributed by atoms with E-state index in [1.54, 1.807) is 0 Å². The molecule has 1 atom stereocenters. The molecule has 0 aromatic heterocycles. The molecule has 0 fully saturated rings. The van der Waals surface area contributed by atoms with Crippen LogP contribution in [0.3, 0.4) is 0 Å². The molecular formula is C24H48N4O7. The second-order valence-electron chi connectivity index (χ2n) is 8.99. The average molecular weight is 505 g/mol. The van der Waals surface area contributed by atoms with Crippen LogP contribution < -0.4 is 21.7 Å². The van der Waals surface area contributed by atoms with Crippen molar-refractivity contribution in [1.82, 2.24) is 16.0 Å². The Morgan fingerprint density at radius 2 is 1.31 bits per heavy atom. The Kier molecular flexibility index (Phi) is 21.5. The lowest BCUT2D eigenvalue weighted by molar-refractivity contribution is -0.131. The van der Waals surface area contributed by atoms with Gasteiger partial charge in [0.25, 0.3) is 0 Å². The Hall–Kier alpha value is -1.79. The highest BCUT2D eigenvalue weighted by Crippen LogP contribution is 2.01. The van der Waals surface area contributed by atoms with E-state index in [2.05, 4.69) is 43.6 Å². The van der Waals surface area contributed by atoms with Gasteiger partial charge in [-0.2, -0.15) is 0 Å². The summed E-state index contributed by atoms with van der Waals surface area (Å²) in [7, 11) is 0. The van der Waals surface area contributed by atoms with Gasteiger partial charge in [-0.05, 0) is 38.1 Å². The van der Waals surface area contributed by atoms with Crippen molar-refractivity contribution in [1.29, 1.82) is 0 Å². The van der Waals surface area contributed by atoms with Crippen molar-refractivity contribution in [3.05, 3.63) is 0 Å². The van der Waals surface area contributed by atoms with Gasteiger partial charge in [0.15, 0.2) is 0 Å². The van der Waals surface area contributed by atoms with Crippen molar-refractivity contribution in [2.45, 2.75) is 65.5 Å². The molecule has 0 bridgehead atoms. The van der Waals surface area contributed by atoms with E-state index < -0.39 is 17.9 Å². The molecule has 0 saturated carbocycles. The van der Waals surface area contributed by atoms with E-state index in [0.29, 0.717) is 51.4 Å². The summed E-state index contributed by atoms with van der Waals surface area (Å²) >= 11 is 0. The van der Waals surface area contributed by atoms with Crippen LogP contribution in [0.15, 0.2) is 0 Å². The van der Waals surface area contributed by atoms with E-state index in [-0.39, 0.29) is 32.3 Å². The summed E-state index contributed by atoms with van der Waals surface area (Å²) in [6.07, 6.45) is 3.17. The average Bonchev–Trinajstić information content (AvgIpc) is 2.78. The zero-order valence-electron chi connectivity index (χ0n) is 22.1. The maximum absolute atomic E-state index is 12.0. The number of amides is 3. The molecular weight excluding hydrogens is 456 g/mol. The van der Waals surface area contributed by atoms with Crippen molar-refractivity contribution in [3.63, 3.8) is 0 Å². The summed E-state index contributed by atoms with van der Waals surface area (Å²) in [6.45, 7) is 11.8. The van der Waals surface area contributed by atoms with E-state index in [1.165, 1.54) is 0 Å². The number of nitrogens with two attached hydrogens (primary N) is 1. The molecule has 0 aliphatic carbocycles. The SMILES string of the molecule is CC(C)CCOCCOCC(=O)NCCOCCOCC(=O)N[C@H](CCCCNC(C)C)C(N)=O. The van der Waals surface area contributed by atoms with Crippen molar-refractivity contribution < 1.29 is 33.3 Å². The maximum atomic E-state index is 12.0. The fourth-order valence-electron chi connectivity index (χ4n) is 2.79. The number of carbonyl (C=O) groups is 3. The first-order valence-electron chi connectivity index (χ1n) is 12.6. The number of hydrogen-bond acceptors (Lipinski definition) is 8. The highest BCUT2D eigenvalue weighted by atomic mass is 16.5. The fourth-order valence-corrected chi connectivity index (χ4v) is 2.79. The number of unbranched alkanes of at least 4 members (excludes halogenated alkanes) is 1. The predicted molar refractivity (Wildman–Crippen MR) is 134 cm³/mol. The van der Waals surface area contributed by atoms with Crippen molar-refractivity contribution in [2.24, 2.45) is 11.7 Å². The Balaban J connectivity index is 3.61. The molecule has 11 heteroatoms. The van der Waals surface area contributed by atoms with Crippen LogP contribution in [0.1, 0.15) is 53.4 Å². The van der Waals surface area contributed by atoms with E-state index in [0.717, 1.165) is 25.8 Å². The van der Waals surface area contributed by atoms with Gasteiger partial charge in [-0.15, -0.1) is 0 Å². The molecule has 0 aromatic rings. The molecule has 0 spiro atoms. The molecule has 0 radical (unpaired) electrons. The van der Waals surface area contributed by atoms with Gasteiger partial charge in [0, 0.05) is 19.2 Å². The molecule has 206 valence electrons. The standard InChI is InChI=1S/C24H48N4O7/c1-19(2)8-11-32-13-15-34-17-22(29)27-10-12-33-14-16-35-18-23(30)28-21(24(25)31)7-5-6-9-26-20(3)4/h19-21,26H,5-18H2,1-4H3,(H2,25,31)(H,27,29)(H,28,30)/t21-/m1/s1. The van der Waals surface area contributed by atoms with Crippen LogP contribution >= 0.6 is 0 Å². The highest BCUT2D eigenvalue weighted by molar-refractivity contribution is 5.86. The van der Waals surface area contributed by atoms with Gasteiger partial charge < -0.3 is 40.6 Å². The Labute approximate surface area is 210 Å². The lowest BCUT2D eigenvalue weighted by Crippen LogP contribution is -2.45. The molecule has 11 nitrogen and oxygen atoms in total. The zero-order chi connectivity index (χ0) is 26.3. The molecule has 5 N–H and O–H groups in total. The summed E-state index contributed by atoms with van der Waals surface area (Å²) in [5.41, 5.74) is 5.38. The minimum Gasteiger partial charge on any atom is -0.379 e. The van der Waals surface area contributed by atoms with Gasteiger partial charge in [-0.25, -0.2) is 0 Å². The van der Waals surface area contributed by atoms with Crippen LogP contribution in [-0.4, -0.2) is 95.7 Å². The number of hydrogen-bond donors (Lipinski definition) is 4. The maximum Gasteiger partial charge on any atom is 0.246 e. The van der Waals surface area contributed by atoms with Crippen LogP contribution in [0.5, 0.6) is 0 Å². The van der Waals surface area contributed by atoms with Crippen LogP contribution in [0, 0.1) is 5.92 Å². The number of rotatable bonds is 24. The molecule has 0 aliphatic rings. The first kappa shape index (κ1) is 33.2. The molecule has 0 aromatic carbocycles. The van der Waals surface area contributed by atoms with Crippen molar-refractivity contribution >= 4 is 17.7 Å². The molecule has 0 rings (SSSR count). The molecule has 35 heavy (non-hydrogen) atoms. The lowest BCUT2D eigenvalue weighted by Gasteiger charge is -2.16. The molecule has 0 aliphatic heterocycles. The Bertz CT molecular complexity index is 562. The summed E-state index contributed by atoms with van der Waals surface area (Å²) in [6, 6.07) is -0.289. The second kappa shape index (κ2) is 22.7. The Morgan fingerprint density at radius 1 is 0.714 bits per heavy atom. The fraction of sp³-hybridized carbons (Fsp3) is 0.875. The van der Waals surface area contributed by atoms with E-state index in [9.17, 15) is 14.4 Å². The quantitative estimate of drug-likeness (QED) is 0.138. The van der Waals surface area contributed by atoms with Crippen LogP contribution in [0.4, 0.5) is 0 Å². The number of nitrogens with one attached hydrogen (secondary N) is 3. The van der Waals surface area contributed by atoms with Crippen LogP contribution in [-0.2, 0) is 33.3 Å². The topological polar surface area (TPSA) is 150 Å². The van der Waals surface area contributed by atoms with Gasteiger partial charge in [0.1, 0.15) is 19.3 Å². The zero-order valence-corrected chi connectivity index (χ0v) is 22.1. The monoisotopic (exact) mass is 504 g/mol. The first-order valence-corrected chi connectivity index (χ1v) is 12.6. The molecule has 3 amide bonds. The highest BCUT2D eigenvalue weighted by Gasteiger charge is 2.17. The number of carbonyl (C=O) groups excluding carboxylic acids is 3. The van der Waals surface area contributed by atoms with Crippen LogP contribution in [0.2, 0.25) is 0 Å². The van der Waals surface area contributed by atoms with Crippen LogP contribution in [0.25, 0.3) is 0 Å². The lowest BCUT2D eigenvalue weighted by atomic mass is 10.1. The van der Waals surface area contributed by atoms with Crippen molar-refractivity contribution in [3.8, 4) is 0 Å². The van der Waals surface area contributed by atoms with Crippen molar-refractivity contribution in [2.75, 3.05) is 65.9 Å². The minimum atomic E-state index is -0.702. The first-order chi connectivity index (χ1) is 16.7. The molecule has 0 heterocycles. The third-order valence-electron chi connectivity index (χ3n) is 4.77. The second-order valence-corrected chi connectivity index (χ2v) is 8.99. The van der Waals surface area contributed by atoms with Gasteiger partial charge >= 0.3 is 0 Å². The third kappa shape index (κ3) is 23.7. The van der Waals surface area contributed by atoms with Gasteiger partial charge in [-0.3, -0.25) is 14.4 Å². The predicted octanol–water partition coefficient (Wildman–Crippen LogP) is 0.354. The summed E-state index contributed by atoms with van der Waals surface area (Å²) in [4.78, 5) is 35.2. The molecule has 0 saturated heterocycles.